The van der Waals surface area contributed by atoms with Gasteiger partial charge in [-0.25, -0.2) is 8.42 Å². The van der Waals surface area contributed by atoms with Crippen molar-refractivity contribution in [2.75, 3.05) is 16.5 Å². The molecule has 0 atom stereocenters. The fourth-order valence-electron chi connectivity index (χ4n) is 1.04. The van der Waals surface area contributed by atoms with E-state index in [4.69, 9.17) is 16.3 Å². The van der Waals surface area contributed by atoms with E-state index >= 15 is 0 Å². The number of hydrogen-bond acceptors (Lipinski definition) is 3. The molecule has 1 aromatic carbocycles. The topological polar surface area (TPSA) is 55.4 Å². The smallest absolute Gasteiger partial charge is 0.242 e. The number of halogens is 3. The zero-order valence-electron chi connectivity index (χ0n) is 8.13. The van der Waals surface area contributed by atoms with Crippen molar-refractivity contribution >= 4 is 59.2 Å². The molecule has 8 heteroatoms. The second-order valence-corrected chi connectivity index (χ2v) is 7.11. The highest BCUT2D eigenvalue weighted by atomic mass is 79.9. The molecule has 0 aliphatic rings. The maximum Gasteiger partial charge on any atom is 0.242 e. The monoisotopic (exact) mass is 391 g/mol. The molecule has 1 aromatic rings. The molecular weight excluding hydrogens is 385 g/mol. The Labute approximate surface area is 116 Å². The molecule has 0 aliphatic heterocycles. The van der Waals surface area contributed by atoms with Crippen molar-refractivity contribution in [3.8, 4) is 5.75 Å². The first-order valence-corrected chi connectivity index (χ1v) is 7.93. The maximum absolute atomic E-state index is 11.4. The second-order valence-electron chi connectivity index (χ2n) is 2.79. The van der Waals surface area contributed by atoms with E-state index in [1.54, 1.807) is 6.07 Å². The molecule has 90 valence electrons. The van der Waals surface area contributed by atoms with Gasteiger partial charge in [-0.05, 0) is 28.1 Å². The van der Waals surface area contributed by atoms with E-state index in [2.05, 4.69) is 36.6 Å². The van der Waals surface area contributed by atoms with Crippen LogP contribution < -0.4 is 9.46 Å². The molecule has 0 spiro atoms. The summed E-state index contributed by atoms with van der Waals surface area (Å²) < 4.78 is 30.6. The third-order valence-corrected chi connectivity index (χ3v) is 5.06. The van der Waals surface area contributed by atoms with Gasteiger partial charge in [0.2, 0.25) is 10.0 Å². The van der Waals surface area contributed by atoms with E-state index in [1.807, 2.05) is 0 Å². The van der Waals surface area contributed by atoms with Crippen molar-refractivity contribution in [1.82, 2.24) is 0 Å². The Morgan fingerprint density at radius 1 is 1.50 bits per heavy atom. The fraction of sp³-hybridized carbons (Fsp3) is 0.250. The van der Waals surface area contributed by atoms with Crippen LogP contribution in [0.2, 0.25) is 5.02 Å². The molecule has 0 heterocycles. The summed E-state index contributed by atoms with van der Waals surface area (Å²) in [5.41, 5.74) is 0.293. The van der Waals surface area contributed by atoms with Crippen LogP contribution in [-0.2, 0) is 10.0 Å². The van der Waals surface area contributed by atoms with Gasteiger partial charge in [-0.3, -0.25) is 4.72 Å². The Bertz CT molecular complexity index is 492. The van der Waals surface area contributed by atoms with Crippen LogP contribution in [0.15, 0.2) is 16.6 Å². The van der Waals surface area contributed by atoms with E-state index in [0.717, 1.165) is 0 Å². The van der Waals surface area contributed by atoms with Crippen molar-refractivity contribution in [3.63, 3.8) is 0 Å². The lowest BCUT2D eigenvalue weighted by molar-refractivity contribution is 0.414. The van der Waals surface area contributed by atoms with Crippen LogP contribution >= 0.6 is 43.5 Å². The summed E-state index contributed by atoms with van der Waals surface area (Å²) in [6.07, 6.45) is 0. The summed E-state index contributed by atoms with van der Waals surface area (Å²) in [6, 6.07) is 3.09. The lowest BCUT2D eigenvalue weighted by Crippen LogP contribution is -2.14. The first-order valence-electron chi connectivity index (χ1n) is 3.99. The molecule has 0 aliphatic carbocycles. The van der Waals surface area contributed by atoms with Crippen molar-refractivity contribution in [1.29, 1.82) is 0 Å². The van der Waals surface area contributed by atoms with Gasteiger partial charge in [0.05, 0.1) is 17.3 Å². The Balaban J connectivity index is 3.22. The van der Waals surface area contributed by atoms with E-state index in [9.17, 15) is 8.42 Å². The van der Waals surface area contributed by atoms with Crippen LogP contribution in [0.3, 0.4) is 0 Å². The summed E-state index contributed by atoms with van der Waals surface area (Å²) in [7, 11) is -1.99. The summed E-state index contributed by atoms with van der Waals surface area (Å²) in [6.45, 7) is 0. The average Bonchev–Trinajstić information content (AvgIpc) is 2.16. The van der Waals surface area contributed by atoms with Crippen molar-refractivity contribution in [3.05, 3.63) is 21.6 Å². The Morgan fingerprint density at radius 3 is 2.62 bits per heavy atom. The zero-order chi connectivity index (χ0) is 12.3. The van der Waals surface area contributed by atoms with Crippen LogP contribution in [-0.4, -0.2) is 20.2 Å². The van der Waals surface area contributed by atoms with E-state index in [1.165, 1.54) is 13.2 Å². The number of nitrogens with one attached hydrogen (secondary N) is 1. The molecule has 0 saturated heterocycles. The molecule has 0 saturated carbocycles. The number of benzene rings is 1. The Morgan fingerprint density at radius 2 is 2.12 bits per heavy atom. The molecule has 0 fully saturated rings. The van der Waals surface area contributed by atoms with Gasteiger partial charge in [0.1, 0.15) is 4.66 Å². The zero-order valence-corrected chi connectivity index (χ0v) is 12.9. The minimum absolute atomic E-state index is 0.201. The predicted molar refractivity (Wildman–Crippen MR) is 72.0 cm³/mol. The predicted octanol–water partition coefficient (Wildman–Crippen LogP) is 3.21. The van der Waals surface area contributed by atoms with Crippen molar-refractivity contribution < 1.29 is 13.2 Å². The molecule has 1 rings (SSSR count). The summed E-state index contributed by atoms with van der Waals surface area (Å²) in [5.74, 6) is 0.383. The van der Waals surface area contributed by atoms with Crippen LogP contribution in [0.5, 0.6) is 5.75 Å². The second kappa shape index (κ2) is 5.57. The maximum atomic E-state index is 11.4. The molecule has 1 N–H and O–H groups in total. The quantitative estimate of drug-likeness (QED) is 0.800. The number of rotatable bonds is 4. The molecule has 0 bridgehead atoms. The number of alkyl halides is 1. The van der Waals surface area contributed by atoms with Gasteiger partial charge in [-0.1, -0.05) is 27.5 Å². The van der Waals surface area contributed by atoms with Gasteiger partial charge in [-0.15, -0.1) is 0 Å². The van der Waals surface area contributed by atoms with Gasteiger partial charge >= 0.3 is 0 Å². The lowest BCUT2D eigenvalue weighted by Gasteiger charge is -2.12. The van der Waals surface area contributed by atoms with E-state index in [0.29, 0.717) is 20.9 Å². The minimum atomic E-state index is -3.43. The lowest BCUT2D eigenvalue weighted by atomic mass is 10.3. The number of sulfonamides is 1. The van der Waals surface area contributed by atoms with Gasteiger partial charge < -0.3 is 4.74 Å². The molecule has 16 heavy (non-hydrogen) atoms. The summed E-state index contributed by atoms with van der Waals surface area (Å²) >= 11 is 11.9. The summed E-state index contributed by atoms with van der Waals surface area (Å²) in [5, 5.41) is 0.403. The number of ether oxygens (including phenoxy) is 1. The largest absolute Gasteiger partial charge is 0.493 e. The normalized spacial score (nSPS) is 11.2. The molecule has 0 unspecified atom stereocenters. The summed E-state index contributed by atoms with van der Waals surface area (Å²) in [4.78, 5) is 0. The van der Waals surface area contributed by atoms with Crippen molar-refractivity contribution in [2.45, 2.75) is 0 Å². The third-order valence-electron chi connectivity index (χ3n) is 1.62. The first kappa shape index (κ1) is 14.1. The number of hydrogen-bond donors (Lipinski definition) is 1. The van der Waals surface area contributed by atoms with Gasteiger partial charge in [0.15, 0.2) is 5.75 Å². The highest BCUT2D eigenvalue weighted by molar-refractivity contribution is 9.11. The molecule has 0 amide bonds. The molecule has 4 nitrogen and oxygen atoms in total. The van der Waals surface area contributed by atoms with Gasteiger partial charge in [0, 0.05) is 5.02 Å². The standard InChI is InChI=1S/C8H8Br2ClNO3S/c1-15-8-6(10)2-5(11)3-7(8)12-16(13,14)4-9/h2-3,12H,4H2,1H3. The van der Waals surface area contributed by atoms with E-state index < -0.39 is 10.0 Å². The van der Waals surface area contributed by atoms with Crippen LogP contribution in [0.1, 0.15) is 0 Å². The SMILES string of the molecule is COc1c(Br)cc(Cl)cc1NS(=O)(=O)CBr. The highest BCUT2D eigenvalue weighted by Crippen LogP contribution is 2.36. The van der Waals surface area contributed by atoms with Gasteiger partial charge in [-0.2, -0.15) is 0 Å². The van der Waals surface area contributed by atoms with Crippen molar-refractivity contribution in [2.24, 2.45) is 0 Å². The first-order chi connectivity index (χ1) is 7.39. The third kappa shape index (κ3) is 3.51. The molecule has 0 radical (unpaired) electrons. The van der Waals surface area contributed by atoms with Gasteiger partial charge in [0.25, 0.3) is 0 Å². The van der Waals surface area contributed by atoms with E-state index in [-0.39, 0.29) is 4.66 Å². The average molecular weight is 393 g/mol. The highest BCUT2D eigenvalue weighted by Gasteiger charge is 2.15. The number of anilines is 1. The Kier molecular flexibility index (Phi) is 4.90. The number of methoxy groups -OCH3 is 1. The molecule has 0 aromatic heterocycles. The van der Waals surface area contributed by atoms with Crippen LogP contribution in [0.4, 0.5) is 5.69 Å². The Hall–Kier alpha value is 0.0200. The fourth-order valence-corrected chi connectivity index (χ4v) is 2.90. The molecular formula is C8H8Br2ClNO3S. The minimum Gasteiger partial charge on any atom is -0.493 e. The van der Waals surface area contributed by atoms with Crippen LogP contribution in [0, 0.1) is 0 Å². The van der Waals surface area contributed by atoms with Crippen LogP contribution in [0.25, 0.3) is 0 Å².